The highest BCUT2D eigenvalue weighted by Crippen LogP contribution is 2.40. The number of nitrogens with one attached hydrogen (secondary N) is 2. The van der Waals surface area contributed by atoms with Crippen molar-refractivity contribution < 1.29 is 4.74 Å². The van der Waals surface area contributed by atoms with Crippen LogP contribution in [0.4, 0.5) is 0 Å². The maximum Gasteiger partial charge on any atom is 0.190 e. The van der Waals surface area contributed by atoms with Crippen LogP contribution in [0.3, 0.4) is 0 Å². The van der Waals surface area contributed by atoms with Gasteiger partial charge in [0.25, 0.3) is 0 Å². The zero-order valence-corrected chi connectivity index (χ0v) is 19.5. The molecule has 154 valence electrons. The van der Waals surface area contributed by atoms with Crippen LogP contribution >= 0.6 is 24.0 Å². The van der Waals surface area contributed by atoms with Crippen molar-refractivity contribution in [2.75, 3.05) is 53.5 Å². The van der Waals surface area contributed by atoms with E-state index in [4.69, 9.17) is 4.74 Å². The van der Waals surface area contributed by atoms with E-state index in [2.05, 4.69) is 34.5 Å². The Morgan fingerprint density at radius 1 is 1.19 bits per heavy atom. The number of guanidine groups is 1. The summed E-state index contributed by atoms with van der Waals surface area (Å²) >= 11 is 0. The number of hydrogen-bond acceptors (Lipinski definition) is 3. The van der Waals surface area contributed by atoms with Crippen LogP contribution in [0.15, 0.2) is 4.99 Å². The zero-order chi connectivity index (χ0) is 18.0. The highest BCUT2D eigenvalue weighted by molar-refractivity contribution is 14.0. The number of halogens is 1. The summed E-state index contributed by atoms with van der Waals surface area (Å²) in [7, 11) is 4.11. The first kappa shape index (κ1) is 24.0. The van der Waals surface area contributed by atoms with E-state index in [1.807, 2.05) is 7.05 Å². The van der Waals surface area contributed by atoms with Crippen molar-refractivity contribution in [1.82, 2.24) is 15.5 Å². The van der Waals surface area contributed by atoms with Crippen LogP contribution in [-0.2, 0) is 4.74 Å². The predicted molar refractivity (Wildman–Crippen MR) is 122 cm³/mol. The summed E-state index contributed by atoms with van der Waals surface area (Å²) in [5, 5.41) is 7.13. The molecule has 0 radical (unpaired) electrons. The molecule has 2 aliphatic rings. The third-order valence-electron chi connectivity index (χ3n) is 6.18. The lowest BCUT2D eigenvalue weighted by Crippen LogP contribution is -2.44. The van der Waals surface area contributed by atoms with E-state index in [1.54, 1.807) is 0 Å². The zero-order valence-electron chi connectivity index (χ0n) is 17.2. The minimum absolute atomic E-state index is 0. The van der Waals surface area contributed by atoms with Crippen LogP contribution in [0.1, 0.15) is 58.3 Å². The lowest BCUT2D eigenvalue weighted by atomic mass is 9.83. The molecule has 0 bridgehead atoms. The molecule has 1 saturated heterocycles. The van der Waals surface area contributed by atoms with Gasteiger partial charge in [-0.3, -0.25) is 4.99 Å². The van der Waals surface area contributed by atoms with Gasteiger partial charge < -0.3 is 20.3 Å². The van der Waals surface area contributed by atoms with Crippen LogP contribution in [-0.4, -0.2) is 64.3 Å². The minimum Gasteiger partial charge on any atom is -0.382 e. The second-order valence-corrected chi connectivity index (χ2v) is 8.04. The molecule has 2 rings (SSSR count). The molecule has 0 aromatic heterocycles. The van der Waals surface area contributed by atoms with Crippen molar-refractivity contribution in [1.29, 1.82) is 0 Å². The first-order valence-corrected chi connectivity index (χ1v) is 10.4. The number of nitrogens with zero attached hydrogens (tertiary/aromatic N) is 2. The molecule has 0 atom stereocenters. The predicted octanol–water partition coefficient (Wildman–Crippen LogP) is 3.49. The molecule has 1 aliphatic carbocycles. The average Bonchev–Trinajstić information content (AvgIpc) is 3.09. The number of hydrogen-bond donors (Lipinski definition) is 2. The molecule has 0 amide bonds. The molecule has 1 saturated carbocycles. The first-order valence-electron chi connectivity index (χ1n) is 10.4. The maximum atomic E-state index is 5.62. The Morgan fingerprint density at radius 3 is 2.50 bits per heavy atom. The van der Waals surface area contributed by atoms with E-state index in [0.717, 1.165) is 38.2 Å². The molecule has 6 heteroatoms. The van der Waals surface area contributed by atoms with E-state index in [9.17, 15) is 0 Å². The smallest absolute Gasteiger partial charge is 0.190 e. The Labute approximate surface area is 178 Å². The normalized spacial score (nSPS) is 21.4. The van der Waals surface area contributed by atoms with Crippen molar-refractivity contribution in [3.63, 3.8) is 0 Å². The van der Waals surface area contributed by atoms with E-state index in [-0.39, 0.29) is 24.0 Å². The van der Waals surface area contributed by atoms with Gasteiger partial charge in [0, 0.05) is 33.4 Å². The molecule has 1 heterocycles. The Morgan fingerprint density at radius 2 is 1.88 bits per heavy atom. The van der Waals surface area contributed by atoms with Gasteiger partial charge in [-0.1, -0.05) is 12.8 Å². The van der Waals surface area contributed by atoms with E-state index < -0.39 is 0 Å². The molecular weight excluding hydrogens is 439 g/mol. The van der Waals surface area contributed by atoms with Gasteiger partial charge in [-0.2, -0.15) is 0 Å². The summed E-state index contributed by atoms with van der Waals surface area (Å²) in [4.78, 5) is 6.86. The SMILES string of the molecule is CCOCCC1(CNC(=NC)NCCC2CCN(C)CC2)CCCC1.I. The monoisotopic (exact) mass is 480 g/mol. The van der Waals surface area contributed by atoms with Gasteiger partial charge in [-0.05, 0) is 76.9 Å². The quantitative estimate of drug-likeness (QED) is 0.230. The van der Waals surface area contributed by atoms with E-state index in [1.165, 1.54) is 64.5 Å². The standard InChI is InChI=1S/C20H40N4O.HI/c1-4-25-16-12-20(10-5-6-11-20)17-23-19(21-2)22-13-7-18-8-14-24(3)15-9-18;/h18H,4-17H2,1-3H3,(H2,21,22,23);1H. The summed E-state index contributed by atoms with van der Waals surface area (Å²) in [6, 6.07) is 0. The van der Waals surface area contributed by atoms with Crippen molar-refractivity contribution in [3.8, 4) is 0 Å². The fraction of sp³-hybridized carbons (Fsp3) is 0.950. The van der Waals surface area contributed by atoms with Crippen LogP contribution in [0.2, 0.25) is 0 Å². The maximum absolute atomic E-state index is 5.62. The number of piperidine rings is 1. The second kappa shape index (κ2) is 13.2. The van der Waals surface area contributed by atoms with Crippen LogP contribution in [0, 0.1) is 11.3 Å². The average molecular weight is 480 g/mol. The third-order valence-corrected chi connectivity index (χ3v) is 6.18. The summed E-state index contributed by atoms with van der Waals surface area (Å²) in [6.07, 6.45) is 10.4. The fourth-order valence-electron chi connectivity index (χ4n) is 4.31. The number of likely N-dealkylation sites (tertiary alicyclic amines) is 1. The van der Waals surface area contributed by atoms with E-state index in [0.29, 0.717) is 5.41 Å². The first-order chi connectivity index (χ1) is 12.2. The Bertz CT molecular complexity index is 391. The summed E-state index contributed by atoms with van der Waals surface area (Å²) in [5.74, 6) is 1.84. The summed E-state index contributed by atoms with van der Waals surface area (Å²) < 4.78 is 5.62. The molecular formula is C20H41IN4O. The van der Waals surface area contributed by atoms with Gasteiger partial charge in [0.1, 0.15) is 0 Å². The molecule has 0 spiro atoms. The van der Waals surface area contributed by atoms with Gasteiger partial charge >= 0.3 is 0 Å². The number of rotatable bonds is 9. The molecule has 2 N–H and O–H groups in total. The molecule has 0 aromatic carbocycles. The third kappa shape index (κ3) is 8.30. The van der Waals surface area contributed by atoms with Gasteiger partial charge in [-0.25, -0.2) is 0 Å². The van der Waals surface area contributed by atoms with Crippen molar-refractivity contribution in [3.05, 3.63) is 0 Å². The topological polar surface area (TPSA) is 48.9 Å². The number of ether oxygens (including phenoxy) is 1. The van der Waals surface area contributed by atoms with Crippen LogP contribution < -0.4 is 10.6 Å². The lowest BCUT2D eigenvalue weighted by molar-refractivity contribution is 0.105. The highest BCUT2D eigenvalue weighted by Gasteiger charge is 2.33. The van der Waals surface area contributed by atoms with Gasteiger partial charge in [-0.15, -0.1) is 24.0 Å². The Balaban J connectivity index is 0.00000338. The van der Waals surface area contributed by atoms with Gasteiger partial charge in [0.05, 0.1) is 0 Å². The van der Waals surface area contributed by atoms with Crippen molar-refractivity contribution in [2.45, 2.75) is 58.3 Å². The lowest BCUT2D eigenvalue weighted by Gasteiger charge is -2.31. The molecule has 0 aromatic rings. The van der Waals surface area contributed by atoms with Gasteiger partial charge in [0.15, 0.2) is 5.96 Å². The largest absolute Gasteiger partial charge is 0.382 e. The summed E-state index contributed by atoms with van der Waals surface area (Å²) in [6.45, 7) is 8.34. The fourth-order valence-corrected chi connectivity index (χ4v) is 4.31. The molecule has 26 heavy (non-hydrogen) atoms. The molecule has 0 unspecified atom stereocenters. The minimum atomic E-state index is 0. The van der Waals surface area contributed by atoms with Crippen molar-refractivity contribution >= 4 is 29.9 Å². The highest BCUT2D eigenvalue weighted by atomic mass is 127. The Hall–Kier alpha value is -0.0800. The second-order valence-electron chi connectivity index (χ2n) is 8.04. The molecule has 5 nitrogen and oxygen atoms in total. The summed E-state index contributed by atoms with van der Waals surface area (Å²) in [5.41, 5.74) is 0.404. The number of aliphatic imine (C=N–C) groups is 1. The molecule has 1 aliphatic heterocycles. The van der Waals surface area contributed by atoms with Crippen molar-refractivity contribution in [2.24, 2.45) is 16.3 Å². The van der Waals surface area contributed by atoms with Crippen LogP contribution in [0.5, 0.6) is 0 Å². The van der Waals surface area contributed by atoms with Crippen LogP contribution in [0.25, 0.3) is 0 Å². The molecule has 2 fully saturated rings. The van der Waals surface area contributed by atoms with E-state index >= 15 is 0 Å². The Kier molecular flexibility index (Phi) is 12.1. The van der Waals surface area contributed by atoms with Gasteiger partial charge in [0.2, 0.25) is 0 Å².